The number of hydrogen-bond acceptors (Lipinski definition) is 6. The third kappa shape index (κ3) is 3.98. The number of rotatable bonds is 7. The van der Waals surface area contributed by atoms with Crippen molar-refractivity contribution in [1.29, 1.82) is 0 Å². The number of carbonyl (C=O) groups excluding carboxylic acids is 1. The molecule has 0 spiro atoms. The zero-order valence-electron chi connectivity index (χ0n) is 15.6. The van der Waals surface area contributed by atoms with Gasteiger partial charge in [0.25, 0.3) is 5.91 Å². The first-order chi connectivity index (χ1) is 13.7. The summed E-state index contributed by atoms with van der Waals surface area (Å²) < 4.78 is 15.1. The number of para-hydroxylation sites is 2. The van der Waals surface area contributed by atoms with Crippen LogP contribution in [0.2, 0.25) is 0 Å². The maximum Gasteiger partial charge on any atom is 0.276 e. The zero-order chi connectivity index (χ0) is 19.3. The summed E-state index contributed by atoms with van der Waals surface area (Å²) in [5, 5.41) is 12.3. The quantitative estimate of drug-likeness (QED) is 0.615. The van der Waals surface area contributed by atoms with Gasteiger partial charge in [-0.05, 0) is 25.1 Å². The Morgan fingerprint density at radius 2 is 2.11 bits per heavy atom. The molecule has 3 aromatic rings. The number of benzene rings is 1. The molecule has 0 bridgehead atoms. The van der Waals surface area contributed by atoms with Gasteiger partial charge in [-0.3, -0.25) is 9.48 Å². The van der Waals surface area contributed by atoms with Crippen molar-refractivity contribution in [3.8, 4) is 11.5 Å². The first-order valence-corrected chi connectivity index (χ1v) is 9.28. The Bertz CT molecular complexity index is 923. The number of aromatic nitrogens is 5. The highest BCUT2D eigenvalue weighted by Crippen LogP contribution is 2.31. The Balaban J connectivity index is 1.36. The van der Waals surface area contributed by atoms with Crippen molar-refractivity contribution >= 4 is 5.91 Å². The molecule has 0 N–H and O–H groups in total. The lowest BCUT2D eigenvalue weighted by Crippen LogP contribution is -2.34. The molecule has 2 aromatic heterocycles. The van der Waals surface area contributed by atoms with Crippen LogP contribution < -0.4 is 9.47 Å². The summed E-state index contributed by atoms with van der Waals surface area (Å²) in [5.74, 6) is 1.31. The highest BCUT2D eigenvalue weighted by molar-refractivity contribution is 5.91. The van der Waals surface area contributed by atoms with Crippen LogP contribution in [0.15, 0.2) is 48.9 Å². The Kier molecular flexibility index (Phi) is 5.22. The molecule has 1 amide bonds. The van der Waals surface area contributed by atoms with E-state index in [1.807, 2.05) is 43.5 Å². The van der Waals surface area contributed by atoms with Crippen molar-refractivity contribution in [2.24, 2.45) is 0 Å². The molecular formula is C19H22N6O3. The van der Waals surface area contributed by atoms with Crippen LogP contribution in [-0.4, -0.2) is 61.4 Å². The van der Waals surface area contributed by atoms with E-state index in [2.05, 4.69) is 15.4 Å². The van der Waals surface area contributed by atoms with Crippen LogP contribution in [0.25, 0.3) is 0 Å². The number of fused-ring (bicyclic) bond motifs is 1. The Labute approximate surface area is 162 Å². The number of amides is 1. The van der Waals surface area contributed by atoms with Gasteiger partial charge < -0.3 is 14.4 Å². The second kappa shape index (κ2) is 8.12. The van der Waals surface area contributed by atoms with Gasteiger partial charge >= 0.3 is 0 Å². The molecule has 0 unspecified atom stereocenters. The zero-order valence-corrected chi connectivity index (χ0v) is 15.6. The molecule has 9 nitrogen and oxygen atoms in total. The largest absolute Gasteiger partial charge is 0.486 e. The van der Waals surface area contributed by atoms with Gasteiger partial charge in [-0.2, -0.15) is 5.10 Å². The van der Waals surface area contributed by atoms with E-state index in [1.165, 1.54) is 0 Å². The molecule has 9 heteroatoms. The number of ether oxygens (including phenoxy) is 2. The van der Waals surface area contributed by atoms with Crippen LogP contribution in [0, 0.1) is 0 Å². The molecule has 0 saturated heterocycles. The molecular weight excluding hydrogens is 360 g/mol. The van der Waals surface area contributed by atoms with Crippen molar-refractivity contribution in [1.82, 2.24) is 29.7 Å². The van der Waals surface area contributed by atoms with Gasteiger partial charge in [-0.25, -0.2) is 4.68 Å². The second-order valence-electron chi connectivity index (χ2n) is 6.48. The van der Waals surface area contributed by atoms with Crippen molar-refractivity contribution < 1.29 is 14.3 Å². The van der Waals surface area contributed by atoms with Crippen molar-refractivity contribution in [3.63, 3.8) is 0 Å². The van der Waals surface area contributed by atoms with Crippen LogP contribution in [0.5, 0.6) is 11.5 Å². The summed E-state index contributed by atoms with van der Waals surface area (Å²) >= 11 is 0. The highest BCUT2D eigenvalue weighted by atomic mass is 16.6. The summed E-state index contributed by atoms with van der Waals surface area (Å²) in [6.45, 7) is 4.59. The van der Waals surface area contributed by atoms with Gasteiger partial charge in [-0.15, -0.1) is 5.10 Å². The highest BCUT2D eigenvalue weighted by Gasteiger charge is 2.23. The fourth-order valence-corrected chi connectivity index (χ4v) is 3.07. The normalized spacial score (nSPS) is 15.4. The molecule has 1 aliphatic heterocycles. The first-order valence-electron chi connectivity index (χ1n) is 9.28. The number of nitrogens with zero attached hydrogens (tertiary/aromatic N) is 6. The van der Waals surface area contributed by atoms with E-state index in [9.17, 15) is 4.79 Å². The van der Waals surface area contributed by atoms with E-state index in [4.69, 9.17) is 9.47 Å². The van der Waals surface area contributed by atoms with Gasteiger partial charge in [-0.1, -0.05) is 17.3 Å². The molecule has 3 heterocycles. The third-order valence-electron chi connectivity index (χ3n) is 4.54. The van der Waals surface area contributed by atoms with Crippen LogP contribution in [-0.2, 0) is 13.1 Å². The lowest BCUT2D eigenvalue weighted by molar-refractivity contribution is 0.0745. The van der Waals surface area contributed by atoms with Crippen LogP contribution in [0.1, 0.15) is 17.4 Å². The lowest BCUT2D eigenvalue weighted by Gasteiger charge is -2.26. The second-order valence-corrected chi connectivity index (χ2v) is 6.48. The summed E-state index contributed by atoms with van der Waals surface area (Å²) in [5.41, 5.74) is 0.319. The van der Waals surface area contributed by atoms with E-state index in [0.29, 0.717) is 44.2 Å². The van der Waals surface area contributed by atoms with Crippen LogP contribution in [0.3, 0.4) is 0 Å². The molecule has 28 heavy (non-hydrogen) atoms. The van der Waals surface area contributed by atoms with Gasteiger partial charge in [0.15, 0.2) is 23.3 Å². The molecule has 1 aromatic carbocycles. The maximum absolute atomic E-state index is 12.7. The van der Waals surface area contributed by atoms with Crippen molar-refractivity contribution in [3.05, 3.63) is 54.6 Å². The van der Waals surface area contributed by atoms with E-state index in [1.54, 1.807) is 26.7 Å². The summed E-state index contributed by atoms with van der Waals surface area (Å²) in [4.78, 5) is 14.5. The van der Waals surface area contributed by atoms with Gasteiger partial charge in [0, 0.05) is 25.5 Å². The lowest BCUT2D eigenvalue weighted by atomic mass is 10.2. The molecule has 4 rings (SSSR count). The number of hydrogen-bond donors (Lipinski definition) is 0. The summed E-state index contributed by atoms with van der Waals surface area (Å²) in [6, 6.07) is 9.42. The average molecular weight is 382 g/mol. The van der Waals surface area contributed by atoms with E-state index in [0.717, 1.165) is 5.75 Å². The standard InChI is InChI=1S/C19H22N6O3/c1-2-23(10-11-24-9-5-8-20-24)19(26)16-13-25(22-21-16)12-15-14-27-17-6-3-4-7-18(17)28-15/h3-9,13,15H,2,10-12,14H2,1H3/t15-/m0/s1. The Morgan fingerprint density at radius 1 is 1.25 bits per heavy atom. The maximum atomic E-state index is 12.7. The van der Waals surface area contributed by atoms with E-state index in [-0.39, 0.29) is 12.0 Å². The molecule has 0 radical (unpaired) electrons. The molecule has 1 atom stereocenters. The van der Waals surface area contributed by atoms with Crippen LogP contribution >= 0.6 is 0 Å². The minimum atomic E-state index is -0.193. The van der Waals surface area contributed by atoms with Gasteiger partial charge in [0.05, 0.1) is 19.3 Å². The van der Waals surface area contributed by atoms with Crippen LogP contribution in [0.4, 0.5) is 0 Å². The first kappa shape index (κ1) is 18.0. The Hall–Kier alpha value is -3.36. The smallest absolute Gasteiger partial charge is 0.276 e. The van der Waals surface area contributed by atoms with Gasteiger partial charge in [0.2, 0.25) is 0 Å². The molecule has 0 saturated carbocycles. The van der Waals surface area contributed by atoms with Crippen molar-refractivity contribution in [2.45, 2.75) is 26.1 Å². The predicted molar refractivity (Wildman–Crippen MR) is 100 cm³/mol. The summed E-state index contributed by atoms with van der Waals surface area (Å²) in [6.07, 6.45) is 5.06. The number of carbonyl (C=O) groups is 1. The topological polar surface area (TPSA) is 87.3 Å². The Morgan fingerprint density at radius 3 is 2.89 bits per heavy atom. The fraction of sp³-hybridized carbons (Fsp3) is 0.368. The van der Waals surface area contributed by atoms with Gasteiger partial charge in [0.1, 0.15) is 6.61 Å². The van der Waals surface area contributed by atoms with Crippen molar-refractivity contribution in [2.75, 3.05) is 19.7 Å². The molecule has 0 aliphatic carbocycles. The predicted octanol–water partition coefficient (Wildman–Crippen LogP) is 1.48. The molecule has 1 aliphatic rings. The molecule has 0 fully saturated rings. The third-order valence-corrected chi connectivity index (χ3v) is 4.54. The summed E-state index contributed by atoms with van der Waals surface area (Å²) in [7, 11) is 0. The number of likely N-dealkylation sites (N-methyl/N-ethyl adjacent to an activating group) is 1. The van der Waals surface area contributed by atoms with E-state index >= 15 is 0 Å². The van der Waals surface area contributed by atoms with E-state index < -0.39 is 0 Å². The fourth-order valence-electron chi connectivity index (χ4n) is 3.07. The minimum Gasteiger partial charge on any atom is -0.486 e. The monoisotopic (exact) mass is 382 g/mol. The SMILES string of the molecule is CCN(CCn1cccn1)C(=O)c1cn(C[C@H]2COc3ccccc3O2)nn1. The molecule has 146 valence electrons. The minimum absolute atomic E-state index is 0.146. The average Bonchev–Trinajstić information content (AvgIpc) is 3.40.